The lowest BCUT2D eigenvalue weighted by molar-refractivity contribution is -0.122. The van der Waals surface area contributed by atoms with E-state index >= 15 is 0 Å². The van der Waals surface area contributed by atoms with Crippen LogP contribution in [0.25, 0.3) is 0 Å². The van der Waals surface area contributed by atoms with Crippen LogP contribution < -0.4 is 5.32 Å². The maximum atomic E-state index is 12.1. The van der Waals surface area contributed by atoms with Gasteiger partial charge in [-0.25, -0.2) is 5.06 Å². The quantitative estimate of drug-likeness (QED) is 0.637. The van der Waals surface area contributed by atoms with Crippen molar-refractivity contribution >= 4 is 18.1 Å². The van der Waals surface area contributed by atoms with E-state index in [-0.39, 0.29) is 18.6 Å². The first kappa shape index (κ1) is 14.2. The van der Waals surface area contributed by atoms with Crippen molar-refractivity contribution in [3.8, 4) is 0 Å². The van der Waals surface area contributed by atoms with Crippen molar-refractivity contribution in [1.29, 1.82) is 0 Å². The Bertz CT molecular complexity index is 530. The molecular weight excluding hydrogens is 260 g/mol. The third-order valence-electron chi connectivity index (χ3n) is 3.16. The van der Waals surface area contributed by atoms with Crippen LogP contribution in [0.5, 0.6) is 0 Å². The summed E-state index contributed by atoms with van der Waals surface area (Å²) in [6, 6.07) is 6.45. The van der Waals surface area contributed by atoms with E-state index in [2.05, 4.69) is 5.32 Å². The molecule has 0 bridgehead atoms. The molecular formula is C14H16N2O4. The number of hydrogen-bond acceptors (Lipinski definition) is 4. The van der Waals surface area contributed by atoms with Crippen LogP contribution >= 0.6 is 0 Å². The van der Waals surface area contributed by atoms with E-state index in [0.717, 1.165) is 5.06 Å². The maximum absolute atomic E-state index is 12.1. The third-order valence-corrected chi connectivity index (χ3v) is 3.16. The Balaban J connectivity index is 1.94. The van der Waals surface area contributed by atoms with E-state index in [1.54, 1.807) is 24.3 Å². The van der Waals surface area contributed by atoms with Gasteiger partial charge >= 0.3 is 0 Å². The zero-order chi connectivity index (χ0) is 14.5. The van der Waals surface area contributed by atoms with E-state index in [0.29, 0.717) is 30.3 Å². The molecule has 0 aromatic heterocycles. The van der Waals surface area contributed by atoms with Gasteiger partial charge in [0.05, 0.1) is 18.2 Å². The molecule has 1 N–H and O–H groups in total. The summed E-state index contributed by atoms with van der Waals surface area (Å²) in [7, 11) is 1.49. The fourth-order valence-electron chi connectivity index (χ4n) is 2.03. The Hall–Kier alpha value is -2.21. The van der Waals surface area contributed by atoms with Crippen LogP contribution in [0.3, 0.4) is 0 Å². The van der Waals surface area contributed by atoms with Gasteiger partial charge in [-0.1, -0.05) is 18.2 Å². The second-order valence-electron chi connectivity index (χ2n) is 4.61. The van der Waals surface area contributed by atoms with Gasteiger partial charge in [-0.15, -0.1) is 0 Å². The zero-order valence-corrected chi connectivity index (χ0v) is 11.2. The highest BCUT2D eigenvalue weighted by Gasteiger charge is 2.23. The van der Waals surface area contributed by atoms with Crippen molar-refractivity contribution in [2.75, 3.05) is 13.7 Å². The molecule has 6 nitrogen and oxygen atoms in total. The number of carbonyl (C=O) groups is 3. The van der Waals surface area contributed by atoms with E-state index in [1.807, 2.05) is 0 Å². The molecule has 0 spiro atoms. The normalized spacial score (nSPS) is 17.6. The third kappa shape index (κ3) is 3.21. The molecule has 1 aromatic rings. The lowest BCUT2D eigenvalue weighted by atomic mass is 10.1. The number of hydrogen-bond donors (Lipinski definition) is 1. The second kappa shape index (κ2) is 6.29. The van der Waals surface area contributed by atoms with Gasteiger partial charge in [0.25, 0.3) is 5.91 Å². The summed E-state index contributed by atoms with van der Waals surface area (Å²) in [5.74, 6) is -0.393. The summed E-state index contributed by atoms with van der Waals surface area (Å²) in [5, 5.41) is 3.84. The van der Waals surface area contributed by atoms with Gasteiger partial charge in [-0.05, 0) is 12.5 Å². The predicted octanol–water partition coefficient (Wildman–Crippen LogP) is 0.781. The summed E-state index contributed by atoms with van der Waals surface area (Å²) in [5.41, 5.74) is 0.613. The molecule has 1 saturated heterocycles. The number of hydroxylamine groups is 2. The van der Waals surface area contributed by atoms with Gasteiger partial charge < -0.3 is 5.32 Å². The summed E-state index contributed by atoms with van der Waals surface area (Å²) in [4.78, 5) is 39.4. The van der Waals surface area contributed by atoms with Gasteiger partial charge in [0.15, 0.2) is 6.29 Å². The number of amides is 2. The van der Waals surface area contributed by atoms with Crippen LogP contribution in [0.1, 0.15) is 33.6 Å². The lowest BCUT2D eigenvalue weighted by Gasteiger charge is -2.19. The molecule has 2 amide bonds. The smallest absolute Gasteiger partial charge is 0.277 e. The van der Waals surface area contributed by atoms with E-state index in [4.69, 9.17) is 4.84 Å². The molecule has 106 valence electrons. The van der Waals surface area contributed by atoms with Gasteiger partial charge in [0.1, 0.15) is 0 Å². The molecule has 1 aliphatic heterocycles. The van der Waals surface area contributed by atoms with Gasteiger partial charge in [-0.2, -0.15) is 0 Å². The molecule has 0 saturated carbocycles. The zero-order valence-electron chi connectivity index (χ0n) is 11.2. The molecule has 1 heterocycles. The number of carbonyl (C=O) groups excluding carboxylic acids is 3. The summed E-state index contributed by atoms with van der Waals surface area (Å²) in [6.07, 6.45) is 1.82. The van der Waals surface area contributed by atoms with Crippen molar-refractivity contribution in [2.45, 2.75) is 18.9 Å². The number of nitrogens with one attached hydrogen (secondary N) is 1. The molecule has 2 rings (SSSR count). The Morgan fingerprint density at radius 3 is 2.90 bits per heavy atom. The first-order valence-corrected chi connectivity index (χ1v) is 6.36. The first-order valence-electron chi connectivity index (χ1n) is 6.36. The maximum Gasteiger partial charge on any atom is 0.277 e. The molecule has 1 fully saturated rings. The summed E-state index contributed by atoms with van der Waals surface area (Å²) < 4.78 is 0. The SMILES string of the molecule is CN(OCC1CCC(=O)N1)C(=O)c1ccccc1C=O. The minimum atomic E-state index is -0.392. The summed E-state index contributed by atoms with van der Waals surface area (Å²) in [6.45, 7) is 0.233. The van der Waals surface area contributed by atoms with Crippen LogP contribution in [-0.4, -0.2) is 42.9 Å². The lowest BCUT2D eigenvalue weighted by Crippen LogP contribution is -2.35. The average Bonchev–Trinajstić information content (AvgIpc) is 2.89. The number of nitrogens with zero attached hydrogens (tertiary/aromatic N) is 1. The molecule has 1 unspecified atom stereocenters. The van der Waals surface area contributed by atoms with E-state index < -0.39 is 5.91 Å². The second-order valence-corrected chi connectivity index (χ2v) is 4.61. The van der Waals surface area contributed by atoms with Gasteiger partial charge in [0.2, 0.25) is 5.91 Å². The van der Waals surface area contributed by atoms with Crippen LogP contribution in [0.4, 0.5) is 0 Å². The Labute approximate surface area is 116 Å². The number of aldehydes is 1. The number of rotatable bonds is 5. The number of benzene rings is 1. The van der Waals surface area contributed by atoms with Crippen molar-refractivity contribution in [1.82, 2.24) is 10.4 Å². The molecule has 0 radical (unpaired) electrons. The van der Waals surface area contributed by atoms with Crippen molar-refractivity contribution in [2.24, 2.45) is 0 Å². The van der Waals surface area contributed by atoms with Crippen molar-refractivity contribution in [3.63, 3.8) is 0 Å². The standard InChI is InChI=1S/C14H16N2O4/c1-16(20-9-11-6-7-13(18)15-11)14(19)12-5-3-2-4-10(12)8-17/h2-5,8,11H,6-7,9H2,1H3,(H,15,18). The molecule has 1 atom stereocenters. The van der Waals surface area contributed by atoms with E-state index in [9.17, 15) is 14.4 Å². The minimum absolute atomic E-state index is 0.00104. The van der Waals surface area contributed by atoms with Crippen LogP contribution in [0.2, 0.25) is 0 Å². The molecule has 1 aromatic carbocycles. The van der Waals surface area contributed by atoms with Crippen molar-refractivity contribution < 1.29 is 19.2 Å². The topological polar surface area (TPSA) is 75.7 Å². The molecule has 6 heteroatoms. The average molecular weight is 276 g/mol. The molecule has 20 heavy (non-hydrogen) atoms. The highest BCUT2D eigenvalue weighted by Crippen LogP contribution is 2.11. The fourth-order valence-corrected chi connectivity index (χ4v) is 2.03. The first-order chi connectivity index (χ1) is 9.61. The molecule has 0 aliphatic carbocycles. The minimum Gasteiger partial charge on any atom is -0.351 e. The highest BCUT2D eigenvalue weighted by molar-refractivity contribution is 6.00. The van der Waals surface area contributed by atoms with Crippen molar-refractivity contribution in [3.05, 3.63) is 35.4 Å². The van der Waals surface area contributed by atoms with Gasteiger partial charge in [-0.3, -0.25) is 19.2 Å². The van der Waals surface area contributed by atoms with Crippen LogP contribution in [0.15, 0.2) is 24.3 Å². The van der Waals surface area contributed by atoms with Gasteiger partial charge in [0, 0.05) is 19.0 Å². The highest BCUT2D eigenvalue weighted by atomic mass is 16.7. The summed E-state index contributed by atoms with van der Waals surface area (Å²) >= 11 is 0. The Morgan fingerprint density at radius 1 is 1.50 bits per heavy atom. The Kier molecular flexibility index (Phi) is 4.47. The van der Waals surface area contributed by atoms with E-state index in [1.165, 1.54) is 7.05 Å². The van der Waals surface area contributed by atoms with Crippen LogP contribution in [-0.2, 0) is 9.63 Å². The monoisotopic (exact) mass is 276 g/mol. The molecule has 1 aliphatic rings. The largest absolute Gasteiger partial charge is 0.351 e. The van der Waals surface area contributed by atoms with Crippen LogP contribution in [0, 0.1) is 0 Å². The predicted molar refractivity (Wildman–Crippen MR) is 71.0 cm³/mol. The Morgan fingerprint density at radius 2 is 2.25 bits per heavy atom. The fraction of sp³-hybridized carbons (Fsp3) is 0.357.